The summed E-state index contributed by atoms with van der Waals surface area (Å²) < 4.78 is 10.2. The maximum atomic E-state index is 12.2. The van der Waals surface area contributed by atoms with Gasteiger partial charge in [0.2, 0.25) is 0 Å². The molecule has 0 bridgehead atoms. The third-order valence-electron chi connectivity index (χ3n) is 4.03. The second-order valence-electron chi connectivity index (χ2n) is 6.14. The van der Waals surface area contributed by atoms with Crippen LogP contribution in [-0.2, 0) is 27.5 Å². The van der Waals surface area contributed by atoms with Gasteiger partial charge in [-0.2, -0.15) is 0 Å². The molecular formula is C19H19N3O8. The summed E-state index contributed by atoms with van der Waals surface area (Å²) in [7, 11) is 0. The molecule has 158 valence electrons. The lowest BCUT2D eigenvalue weighted by Gasteiger charge is -2.16. The molecule has 0 saturated heterocycles. The summed E-state index contributed by atoms with van der Waals surface area (Å²) in [5, 5.41) is 23.7. The van der Waals surface area contributed by atoms with E-state index in [0.717, 1.165) is 0 Å². The second kappa shape index (κ2) is 10.5. The van der Waals surface area contributed by atoms with Gasteiger partial charge in [-0.15, -0.1) is 0 Å². The van der Waals surface area contributed by atoms with Gasteiger partial charge in [-0.3, -0.25) is 20.2 Å². The number of rotatable bonds is 9. The lowest BCUT2D eigenvalue weighted by Crippen LogP contribution is -2.41. The zero-order chi connectivity index (χ0) is 22.1. The monoisotopic (exact) mass is 417 g/mol. The lowest BCUT2D eigenvalue weighted by atomic mass is 10.2. The number of carbonyl (C=O) groups is 2. The van der Waals surface area contributed by atoms with Gasteiger partial charge < -0.3 is 14.8 Å². The molecule has 0 heterocycles. The summed E-state index contributed by atoms with van der Waals surface area (Å²) in [5.41, 5.74) is 0.952. The molecule has 0 aromatic heterocycles. The Balaban J connectivity index is 1.81. The van der Waals surface area contributed by atoms with E-state index in [-0.39, 0.29) is 31.0 Å². The minimum Gasteiger partial charge on any atom is -0.459 e. The van der Waals surface area contributed by atoms with E-state index >= 15 is 0 Å². The Morgan fingerprint density at radius 3 is 1.70 bits per heavy atom. The highest BCUT2D eigenvalue weighted by Gasteiger charge is 2.21. The van der Waals surface area contributed by atoms with E-state index in [2.05, 4.69) is 5.32 Å². The van der Waals surface area contributed by atoms with Gasteiger partial charge in [0, 0.05) is 24.3 Å². The number of non-ortho nitro benzene ring substituents is 2. The smallest absolute Gasteiger partial charge is 0.408 e. The number of carbonyl (C=O) groups excluding carboxylic acids is 2. The van der Waals surface area contributed by atoms with Crippen LogP contribution in [0.5, 0.6) is 0 Å². The third kappa shape index (κ3) is 6.55. The van der Waals surface area contributed by atoms with Crippen LogP contribution in [0, 0.1) is 20.2 Å². The van der Waals surface area contributed by atoms with E-state index < -0.39 is 28.0 Å². The summed E-state index contributed by atoms with van der Waals surface area (Å²) in [6, 6.07) is 10.1. The zero-order valence-corrected chi connectivity index (χ0v) is 16.0. The number of amides is 1. The average Bonchev–Trinajstić information content (AvgIpc) is 2.74. The maximum Gasteiger partial charge on any atom is 0.408 e. The summed E-state index contributed by atoms with van der Waals surface area (Å²) in [6.45, 7) is 1.44. The van der Waals surface area contributed by atoms with Crippen molar-refractivity contribution < 1.29 is 28.9 Å². The molecule has 2 aromatic carbocycles. The van der Waals surface area contributed by atoms with Gasteiger partial charge in [0.1, 0.15) is 19.3 Å². The number of hydrogen-bond acceptors (Lipinski definition) is 8. The molecular weight excluding hydrogens is 398 g/mol. The van der Waals surface area contributed by atoms with Crippen LogP contribution >= 0.6 is 0 Å². The Morgan fingerprint density at radius 2 is 1.30 bits per heavy atom. The Morgan fingerprint density at radius 1 is 0.867 bits per heavy atom. The lowest BCUT2D eigenvalue weighted by molar-refractivity contribution is -0.385. The Hall–Kier alpha value is -4.02. The van der Waals surface area contributed by atoms with Crippen LogP contribution in [0.4, 0.5) is 16.2 Å². The van der Waals surface area contributed by atoms with E-state index in [0.29, 0.717) is 11.1 Å². The van der Waals surface area contributed by atoms with Crippen molar-refractivity contribution >= 4 is 23.4 Å². The molecule has 0 saturated carbocycles. The minimum atomic E-state index is -0.938. The first kappa shape index (κ1) is 22.3. The van der Waals surface area contributed by atoms with Crippen LogP contribution in [0.15, 0.2) is 48.5 Å². The van der Waals surface area contributed by atoms with Crippen molar-refractivity contribution in [1.82, 2.24) is 5.32 Å². The number of nitro groups is 2. The van der Waals surface area contributed by atoms with E-state index in [1.165, 1.54) is 48.5 Å². The van der Waals surface area contributed by atoms with Crippen molar-refractivity contribution in [2.45, 2.75) is 32.6 Å². The Bertz CT molecular complexity index is 912. The van der Waals surface area contributed by atoms with Gasteiger partial charge >= 0.3 is 12.1 Å². The van der Waals surface area contributed by atoms with Crippen LogP contribution < -0.4 is 5.32 Å². The van der Waals surface area contributed by atoms with Crippen LogP contribution in [0.1, 0.15) is 24.5 Å². The Kier molecular flexibility index (Phi) is 7.80. The molecule has 0 radical (unpaired) electrons. The quantitative estimate of drug-likeness (QED) is 0.371. The van der Waals surface area contributed by atoms with Crippen molar-refractivity contribution in [3.05, 3.63) is 79.9 Å². The van der Waals surface area contributed by atoms with Crippen molar-refractivity contribution in [3.8, 4) is 0 Å². The van der Waals surface area contributed by atoms with E-state index in [9.17, 15) is 29.8 Å². The van der Waals surface area contributed by atoms with Crippen LogP contribution in [-0.4, -0.2) is 28.0 Å². The largest absolute Gasteiger partial charge is 0.459 e. The molecule has 11 nitrogen and oxygen atoms in total. The van der Waals surface area contributed by atoms with Crippen LogP contribution in [0.25, 0.3) is 0 Å². The van der Waals surface area contributed by atoms with Crippen LogP contribution in [0.3, 0.4) is 0 Å². The number of nitro benzene ring substituents is 2. The number of benzene rings is 2. The van der Waals surface area contributed by atoms with E-state index in [4.69, 9.17) is 9.47 Å². The normalized spacial score (nSPS) is 11.2. The van der Waals surface area contributed by atoms with Gasteiger partial charge in [0.25, 0.3) is 11.4 Å². The predicted octanol–water partition coefficient (Wildman–Crippen LogP) is 3.25. The number of alkyl carbamates (subject to hydrolysis) is 1. The molecule has 0 fully saturated rings. The molecule has 0 aliphatic rings. The van der Waals surface area contributed by atoms with Crippen molar-refractivity contribution in [1.29, 1.82) is 0 Å². The molecule has 1 N–H and O–H groups in total. The summed E-state index contributed by atoms with van der Waals surface area (Å²) in [4.78, 5) is 44.3. The highest BCUT2D eigenvalue weighted by molar-refractivity contribution is 5.81. The molecule has 0 spiro atoms. The maximum absolute atomic E-state index is 12.2. The first-order valence-electron chi connectivity index (χ1n) is 8.86. The fraction of sp³-hybridized carbons (Fsp3) is 0.263. The first-order valence-corrected chi connectivity index (χ1v) is 8.86. The molecule has 0 aliphatic carbocycles. The van der Waals surface area contributed by atoms with E-state index in [1.54, 1.807) is 6.92 Å². The first-order chi connectivity index (χ1) is 14.3. The van der Waals surface area contributed by atoms with Gasteiger partial charge in [-0.05, 0) is 41.8 Å². The predicted molar refractivity (Wildman–Crippen MR) is 103 cm³/mol. The molecule has 0 aliphatic heterocycles. The second-order valence-corrected chi connectivity index (χ2v) is 6.14. The van der Waals surface area contributed by atoms with E-state index in [1.807, 2.05) is 0 Å². The minimum absolute atomic E-state index is 0.0751. The van der Waals surface area contributed by atoms with Crippen LogP contribution in [0.2, 0.25) is 0 Å². The van der Waals surface area contributed by atoms with Gasteiger partial charge in [-0.1, -0.05) is 6.92 Å². The Labute approximate surface area is 170 Å². The third-order valence-corrected chi connectivity index (χ3v) is 4.03. The number of nitrogens with one attached hydrogen (secondary N) is 1. The fourth-order valence-electron chi connectivity index (χ4n) is 2.34. The van der Waals surface area contributed by atoms with Gasteiger partial charge in [-0.25, -0.2) is 9.59 Å². The van der Waals surface area contributed by atoms with Crippen molar-refractivity contribution in [2.24, 2.45) is 0 Å². The molecule has 1 unspecified atom stereocenters. The number of nitrogens with zero attached hydrogens (tertiary/aromatic N) is 2. The molecule has 1 amide bonds. The zero-order valence-electron chi connectivity index (χ0n) is 16.0. The molecule has 2 aromatic rings. The number of ether oxygens (including phenoxy) is 2. The van der Waals surface area contributed by atoms with Crippen molar-refractivity contribution in [3.63, 3.8) is 0 Å². The summed E-state index contributed by atoms with van der Waals surface area (Å²) >= 11 is 0. The summed E-state index contributed by atoms with van der Waals surface area (Å²) in [6.07, 6.45) is -0.585. The topological polar surface area (TPSA) is 151 Å². The molecule has 30 heavy (non-hydrogen) atoms. The molecule has 1 atom stereocenters. The SMILES string of the molecule is CCC(NC(=O)OCc1ccc([N+](=O)[O-])cc1)C(=O)OCc1ccc([N+](=O)[O-])cc1. The highest BCUT2D eigenvalue weighted by Crippen LogP contribution is 2.14. The van der Waals surface area contributed by atoms with Crippen molar-refractivity contribution in [2.75, 3.05) is 0 Å². The fourth-order valence-corrected chi connectivity index (χ4v) is 2.34. The standard InChI is InChI=1S/C19H19N3O8/c1-2-17(18(23)29-11-13-3-7-15(8-4-13)21(25)26)20-19(24)30-12-14-5-9-16(10-6-14)22(27)28/h3-10,17H,2,11-12H2,1H3,(H,20,24). The molecule has 2 rings (SSSR count). The summed E-state index contributed by atoms with van der Waals surface area (Å²) in [5.74, 6) is -0.678. The van der Waals surface area contributed by atoms with Gasteiger partial charge in [0.05, 0.1) is 9.85 Å². The highest BCUT2D eigenvalue weighted by atomic mass is 16.6. The molecule has 11 heteroatoms. The van der Waals surface area contributed by atoms with Gasteiger partial charge in [0.15, 0.2) is 0 Å². The average molecular weight is 417 g/mol. The number of esters is 1. The number of hydrogen-bond donors (Lipinski definition) is 1.